The second kappa shape index (κ2) is 7.05. The summed E-state index contributed by atoms with van der Waals surface area (Å²) in [7, 11) is 2.77. The number of ether oxygens (including phenoxy) is 1. The Kier molecular flexibility index (Phi) is 4.56. The minimum Gasteiger partial charge on any atom is -0.463 e. The van der Waals surface area contributed by atoms with Crippen molar-refractivity contribution in [3.05, 3.63) is 64.6 Å². The van der Waals surface area contributed by atoms with E-state index >= 15 is 0 Å². The third-order valence-corrected chi connectivity index (χ3v) is 5.43. The Labute approximate surface area is 164 Å². The zero-order chi connectivity index (χ0) is 19.8. The number of para-hydroxylation sites is 1. The number of nitrogens with zero attached hydrogens (tertiary/aromatic N) is 2. The predicted molar refractivity (Wildman–Crippen MR) is 105 cm³/mol. The zero-order valence-corrected chi connectivity index (χ0v) is 16.0. The van der Waals surface area contributed by atoms with Crippen LogP contribution in [0.25, 0.3) is 17.0 Å². The molecule has 7 nitrogen and oxygen atoms in total. The van der Waals surface area contributed by atoms with Gasteiger partial charge in [0.2, 0.25) is 5.76 Å². The molecule has 8 heteroatoms. The van der Waals surface area contributed by atoms with Crippen LogP contribution < -0.4 is 0 Å². The third-order valence-electron chi connectivity index (χ3n) is 4.47. The first-order valence-corrected chi connectivity index (χ1v) is 9.26. The number of esters is 1. The molecule has 1 fully saturated rings. The van der Waals surface area contributed by atoms with E-state index in [4.69, 9.17) is 4.42 Å². The van der Waals surface area contributed by atoms with Crippen molar-refractivity contribution in [1.29, 1.82) is 0 Å². The monoisotopic (exact) mass is 396 g/mol. The van der Waals surface area contributed by atoms with Gasteiger partial charge in [-0.1, -0.05) is 18.2 Å². The Morgan fingerprint density at radius 1 is 1.21 bits per heavy atom. The highest BCUT2D eigenvalue weighted by Gasteiger charge is 2.32. The van der Waals surface area contributed by atoms with E-state index in [1.54, 1.807) is 18.2 Å². The number of imide groups is 1. The zero-order valence-electron chi connectivity index (χ0n) is 15.2. The van der Waals surface area contributed by atoms with Gasteiger partial charge in [0, 0.05) is 29.7 Å². The number of amides is 2. The van der Waals surface area contributed by atoms with Crippen LogP contribution in [0.1, 0.15) is 21.9 Å². The molecule has 0 N–H and O–H groups in total. The SMILES string of the molecule is COC(=O)c1ccc(Cn2cc(/C=C3/SC(=O)N(C)C3=O)c3ccccc32)o1. The average Bonchev–Trinajstić information content (AvgIpc) is 3.37. The van der Waals surface area contributed by atoms with Crippen LogP contribution >= 0.6 is 11.8 Å². The van der Waals surface area contributed by atoms with Crippen molar-refractivity contribution in [1.82, 2.24) is 9.47 Å². The first kappa shape index (κ1) is 18.1. The second-order valence-electron chi connectivity index (χ2n) is 6.23. The number of likely N-dealkylation sites (N-methyl/N-ethyl adjacent to an activating group) is 1. The van der Waals surface area contributed by atoms with E-state index < -0.39 is 5.97 Å². The van der Waals surface area contributed by atoms with Gasteiger partial charge >= 0.3 is 5.97 Å². The third kappa shape index (κ3) is 3.11. The molecular weight excluding hydrogens is 380 g/mol. The van der Waals surface area contributed by atoms with E-state index in [1.165, 1.54) is 14.2 Å². The van der Waals surface area contributed by atoms with Gasteiger partial charge in [-0.2, -0.15) is 0 Å². The summed E-state index contributed by atoms with van der Waals surface area (Å²) in [5.41, 5.74) is 1.77. The van der Waals surface area contributed by atoms with Crippen molar-refractivity contribution in [2.75, 3.05) is 14.2 Å². The number of methoxy groups -OCH3 is 1. The van der Waals surface area contributed by atoms with E-state index in [2.05, 4.69) is 4.74 Å². The summed E-state index contributed by atoms with van der Waals surface area (Å²) < 4.78 is 12.2. The maximum absolute atomic E-state index is 12.2. The molecule has 4 rings (SSSR count). The van der Waals surface area contributed by atoms with Gasteiger partial charge in [0.05, 0.1) is 18.6 Å². The molecule has 1 aliphatic rings. The highest BCUT2D eigenvalue weighted by atomic mass is 32.2. The minimum absolute atomic E-state index is 0.144. The highest BCUT2D eigenvalue weighted by Crippen LogP contribution is 2.33. The molecule has 1 aliphatic heterocycles. The fraction of sp³-hybridized carbons (Fsp3) is 0.150. The number of rotatable bonds is 4. The van der Waals surface area contributed by atoms with Crippen LogP contribution in [0.2, 0.25) is 0 Å². The Bertz CT molecular complexity index is 1140. The Morgan fingerprint density at radius 2 is 2.00 bits per heavy atom. The summed E-state index contributed by atoms with van der Waals surface area (Å²) in [6, 6.07) is 11.1. The standard InChI is InChI=1S/C20H16N2O5S/c1-21-18(23)17(28-20(21)25)9-12-10-22(15-6-4-3-5-14(12)15)11-13-7-8-16(27-13)19(24)26-2/h3-10H,11H2,1-2H3/b17-9+. The molecule has 3 aromatic rings. The van der Waals surface area contributed by atoms with E-state index in [1.807, 2.05) is 35.0 Å². The molecule has 0 unspecified atom stereocenters. The molecule has 3 heterocycles. The Balaban J connectivity index is 1.71. The van der Waals surface area contributed by atoms with Crippen molar-refractivity contribution >= 4 is 45.9 Å². The summed E-state index contributed by atoms with van der Waals surface area (Å²) in [5.74, 6) is -0.0902. The van der Waals surface area contributed by atoms with E-state index in [9.17, 15) is 14.4 Å². The molecule has 0 saturated carbocycles. The van der Waals surface area contributed by atoms with Gasteiger partial charge in [-0.05, 0) is 36.0 Å². The van der Waals surface area contributed by atoms with Crippen LogP contribution in [0.4, 0.5) is 4.79 Å². The van der Waals surface area contributed by atoms with Gasteiger partial charge < -0.3 is 13.7 Å². The number of thioether (sulfide) groups is 1. The van der Waals surface area contributed by atoms with Crippen LogP contribution in [0, 0.1) is 0 Å². The number of carbonyl (C=O) groups excluding carboxylic acids is 3. The van der Waals surface area contributed by atoms with E-state index in [0.717, 1.165) is 33.1 Å². The number of aromatic nitrogens is 1. The lowest BCUT2D eigenvalue weighted by Gasteiger charge is -2.02. The number of fused-ring (bicyclic) bond motifs is 1. The van der Waals surface area contributed by atoms with E-state index in [0.29, 0.717) is 17.2 Å². The minimum atomic E-state index is -0.528. The van der Waals surface area contributed by atoms with Crippen LogP contribution in [-0.4, -0.2) is 40.7 Å². The topological polar surface area (TPSA) is 81.8 Å². The van der Waals surface area contributed by atoms with Crippen LogP contribution in [0.3, 0.4) is 0 Å². The van der Waals surface area contributed by atoms with Crippen molar-refractivity contribution in [3.63, 3.8) is 0 Å². The summed E-state index contributed by atoms with van der Waals surface area (Å²) in [6.45, 7) is 0.403. The van der Waals surface area contributed by atoms with Crippen LogP contribution in [-0.2, 0) is 16.1 Å². The van der Waals surface area contributed by atoms with Gasteiger partial charge in [0.1, 0.15) is 5.76 Å². The lowest BCUT2D eigenvalue weighted by Crippen LogP contribution is -2.22. The van der Waals surface area contributed by atoms with Crippen molar-refractivity contribution in [2.24, 2.45) is 0 Å². The van der Waals surface area contributed by atoms with Crippen molar-refractivity contribution < 1.29 is 23.5 Å². The molecule has 0 bridgehead atoms. The summed E-state index contributed by atoms with van der Waals surface area (Å²) in [5, 5.41) is 0.663. The molecule has 2 aromatic heterocycles. The van der Waals surface area contributed by atoms with Gasteiger partial charge in [-0.15, -0.1) is 0 Å². The van der Waals surface area contributed by atoms with Gasteiger partial charge in [-0.3, -0.25) is 14.5 Å². The number of benzene rings is 1. The molecule has 2 amide bonds. The first-order valence-electron chi connectivity index (χ1n) is 8.44. The Morgan fingerprint density at radius 3 is 2.71 bits per heavy atom. The van der Waals surface area contributed by atoms with Gasteiger partial charge in [0.25, 0.3) is 11.1 Å². The second-order valence-corrected chi connectivity index (χ2v) is 7.22. The molecule has 28 heavy (non-hydrogen) atoms. The van der Waals surface area contributed by atoms with Crippen LogP contribution in [0.5, 0.6) is 0 Å². The van der Waals surface area contributed by atoms with Gasteiger partial charge in [-0.25, -0.2) is 4.79 Å². The smallest absolute Gasteiger partial charge is 0.373 e. The number of furan rings is 1. The summed E-state index contributed by atoms with van der Waals surface area (Å²) >= 11 is 0.927. The molecule has 1 saturated heterocycles. The molecule has 0 atom stereocenters. The lowest BCUT2D eigenvalue weighted by molar-refractivity contribution is -0.121. The number of carbonyl (C=O) groups is 3. The largest absolute Gasteiger partial charge is 0.463 e. The van der Waals surface area contributed by atoms with Crippen molar-refractivity contribution in [3.8, 4) is 0 Å². The maximum Gasteiger partial charge on any atom is 0.373 e. The number of hydrogen-bond donors (Lipinski definition) is 0. The van der Waals surface area contributed by atoms with Crippen molar-refractivity contribution in [2.45, 2.75) is 6.54 Å². The van der Waals surface area contributed by atoms with Crippen LogP contribution in [0.15, 0.2) is 51.9 Å². The normalized spacial score (nSPS) is 15.8. The molecule has 1 aromatic carbocycles. The molecular formula is C20H16N2O5S. The average molecular weight is 396 g/mol. The fourth-order valence-electron chi connectivity index (χ4n) is 3.05. The predicted octanol–water partition coefficient (Wildman–Crippen LogP) is 3.74. The molecule has 0 aliphatic carbocycles. The maximum atomic E-state index is 12.2. The molecule has 142 valence electrons. The lowest BCUT2D eigenvalue weighted by atomic mass is 10.1. The fourth-order valence-corrected chi connectivity index (χ4v) is 3.87. The highest BCUT2D eigenvalue weighted by molar-refractivity contribution is 8.18. The molecule has 0 radical (unpaired) electrons. The first-order chi connectivity index (χ1) is 13.5. The number of hydrogen-bond acceptors (Lipinski definition) is 6. The molecule has 0 spiro atoms. The summed E-state index contributed by atoms with van der Waals surface area (Å²) in [6.07, 6.45) is 3.63. The van der Waals surface area contributed by atoms with Gasteiger partial charge in [0.15, 0.2) is 0 Å². The Hall–Kier alpha value is -3.26. The summed E-state index contributed by atoms with van der Waals surface area (Å²) in [4.78, 5) is 37.0. The van der Waals surface area contributed by atoms with E-state index in [-0.39, 0.29) is 16.9 Å². The quantitative estimate of drug-likeness (QED) is 0.494.